The zero-order valence-corrected chi connectivity index (χ0v) is 15.7. The molecule has 29 heavy (non-hydrogen) atoms. The molecule has 9 heteroatoms. The van der Waals surface area contributed by atoms with Crippen molar-refractivity contribution in [2.75, 3.05) is 10.2 Å². The third-order valence-corrected chi connectivity index (χ3v) is 5.97. The van der Waals surface area contributed by atoms with Crippen LogP contribution in [0.3, 0.4) is 0 Å². The van der Waals surface area contributed by atoms with Crippen LogP contribution in [0.1, 0.15) is 41.9 Å². The summed E-state index contributed by atoms with van der Waals surface area (Å²) in [5.41, 5.74) is 8.45. The molecule has 3 aromatic rings. The molecule has 2 aliphatic rings. The van der Waals surface area contributed by atoms with Crippen LogP contribution in [0.25, 0.3) is 11.0 Å². The minimum atomic E-state index is -0.488. The largest absolute Gasteiger partial charge is 0.381 e. The number of aromatic amines is 1. The number of carbonyl (C=O) groups excluding carboxylic acids is 1. The molecular formula is C20H20N8O. The van der Waals surface area contributed by atoms with Crippen molar-refractivity contribution in [1.29, 1.82) is 5.26 Å². The zero-order chi connectivity index (χ0) is 20.0. The minimum absolute atomic E-state index is 0.185. The number of nitriles is 1. The summed E-state index contributed by atoms with van der Waals surface area (Å²) < 4.78 is 0. The number of primary amides is 1. The molecule has 5 heterocycles. The molecule has 0 aliphatic carbocycles. The van der Waals surface area contributed by atoms with Crippen molar-refractivity contribution in [2.45, 2.75) is 43.8 Å². The molecule has 9 nitrogen and oxygen atoms in total. The van der Waals surface area contributed by atoms with Crippen LogP contribution in [0.15, 0.2) is 30.9 Å². The van der Waals surface area contributed by atoms with Gasteiger partial charge >= 0.3 is 0 Å². The fourth-order valence-corrected chi connectivity index (χ4v) is 4.78. The second-order valence-electron chi connectivity index (χ2n) is 7.63. The number of rotatable bonds is 4. The van der Waals surface area contributed by atoms with Gasteiger partial charge in [-0.05, 0) is 31.7 Å². The summed E-state index contributed by atoms with van der Waals surface area (Å²) in [6.07, 6.45) is 10.9. The number of hydrogen-bond acceptors (Lipinski definition) is 7. The molecule has 0 aromatic carbocycles. The normalized spacial score (nSPS) is 23.1. The summed E-state index contributed by atoms with van der Waals surface area (Å²) in [7, 11) is 0. The lowest BCUT2D eigenvalue weighted by molar-refractivity contribution is 0.100. The van der Waals surface area contributed by atoms with E-state index in [1.807, 2.05) is 18.3 Å². The van der Waals surface area contributed by atoms with Crippen molar-refractivity contribution in [3.63, 3.8) is 0 Å². The van der Waals surface area contributed by atoms with E-state index < -0.39 is 5.91 Å². The molecule has 4 N–H and O–H groups in total. The predicted molar refractivity (Wildman–Crippen MR) is 107 cm³/mol. The van der Waals surface area contributed by atoms with E-state index in [4.69, 9.17) is 11.0 Å². The molecule has 146 valence electrons. The van der Waals surface area contributed by atoms with Gasteiger partial charge in [-0.1, -0.05) is 0 Å². The summed E-state index contributed by atoms with van der Waals surface area (Å²) in [5.74, 6) is -0.303. The van der Waals surface area contributed by atoms with Crippen molar-refractivity contribution < 1.29 is 4.79 Å². The van der Waals surface area contributed by atoms with E-state index in [0.717, 1.165) is 48.1 Å². The van der Waals surface area contributed by atoms with Crippen molar-refractivity contribution in [2.24, 2.45) is 5.73 Å². The summed E-state index contributed by atoms with van der Waals surface area (Å²) in [6.45, 7) is 0. The fourth-order valence-electron chi connectivity index (χ4n) is 4.78. The van der Waals surface area contributed by atoms with E-state index in [1.54, 1.807) is 12.4 Å². The van der Waals surface area contributed by atoms with Crippen LogP contribution in [0.5, 0.6) is 0 Å². The Morgan fingerprint density at radius 1 is 1.21 bits per heavy atom. The molecule has 1 amide bonds. The highest BCUT2D eigenvalue weighted by atomic mass is 16.1. The van der Waals surface area contributed by atoms with Gasteiger partial charge in [-0.2, -0.15) is 5.26 Å². The lowest BCUT2D eigenvalue weighted by atomic mass is 9.96. The molecule has 1 unspecified atom stereocenters. The second-order valence-corrected chi connectivity index (χ2v) is 7.63. The van der Waals surface area contributed by atoms with Gasteiger partial charge in [0, 0.05) is 35.9 Å². The summed E-state index contributed by atoms with van der Waals surface area (Å²) in [6, 6.07) is 4.82. The zero-order valence-electron chi connectivity index (χ0n) is 15.7. The maximum absolute atomic E-state index is 11.9. The topological polar surface area (TPSA) is 137 Å². The van der Waals surface area contributed by atoms with E-state index in [9.17, 15) is 4.79 Å². The highest BCUT2D eigenvalue weighted by molar-refractivity contribution is 6.06. The van der Waals surface area contributed by atoms with Crippen LogP contribution in [-0.4, -0.2) is 44.0 Å². The number of nitrogens with one attached hydrogen (secondary N) is 2. The van der Waals surface area contributed by atoms with Gasteiger partial charge in [-0.15, -0.1) is 0 Å². The quantitative estimate of drug-likeness (QED) is 0.621. The first-order valence-corrected chi connectivity index (χ1v) is 9.67. The highest BCUT2D eigenvalue weighted by Crippen LogP contribution is 2.40. The lowest BCUT2D eigenvalue weighted by Crippen LogP contribution is -2.47. The van der Waals surface area contributed by atoms with Crippen molar-refractivity contribution in [3.8, 4) is 6.07 Å². The van der Waals surface area contributed by atoms with E-state index in [2.05, 4.69) is 30.2 Å². The maximum atomic E-state index is 11.9. The molecule has 0 radical (unpaired) electrons. The van der Waals surface area contributed by atoms with Gasteiger partial charge in [0.1, 0.15) is 11.7 Å². The minimum Gasteiger partial charge on any atom is -0.381 e. The molecule has 5 rings (SSSR count). The van der Waals surface area contributed by atoms with Gasteiger partial charge in [-0.25, -0.2) is 15.0 Å². The molecular weight excluding hydrogens is 368 g/mol. The third-order valence-electron chi connectivity index (χ3n) is 5.97. The Morgan fingerprint density at radius 2 is 1.93 bits per heavy atom. The number of aromatic nitrogens is 4. The predicted octanol–water partition coefficient (Wildman–Crippen LogP) is 1.94. The number of H-pyrrole nitrogens is 1. The maximum Gasteiger partial charge on any atom is 0.252 e. The van der Waals surface area contributed by atoms with E-state index in [1.165, 1.54) is 6.20 Å². The van der Waals surface area contributed by atoms with E-state index in [-0.39, 0.29) is 11.9 Å². The fraction of sp³-hybridized carbons (Fsp3) is 0.350. The number of pyridine rings is 1. The average Bonchev–Trinajstić information content (AvgIpc) is 3.31. The Kier molecular flexibility index (Phi) is 4.05. The SMILES string of the molecule is N#Cc1ncc(N2[C@@H]3CC[C@H]2CC(Nc2c(C(N)=O)cnc4[nH]ccc24)C3)cn1. The van der Waals surface area contributed by atoms with Gasteiger partial charge in [0.2, 0.25) is 5.82 Å². The van der Waals surface area contributed by atoms with Crippen LogP contribution in [0, 0.1) is 11.3 Å². The molecule has 2 aliphatic heterocycles. The van der Waals surface area contributed by atoms with Gasteiger partial charge in [0.15, 0.2) is 0 Å². The molecule has 0 spiro atoms. The second kappa shape index (κ2) is 6.74. The lowest BCUT2D eigenvalue weighted by Gasteiger charge is -2.41. The number of fused-ring (bicyclic) bond motifs is 3. The van der Waals surface area contributed by atoms with Gasteiger partial charge in [0.05, 0.1) is 29.3 Å². The van der Waals surface area contributed by atoms with Crippen LogP contribution in [0.4, 0.5) is 11.4 Å². The summed E-state index contributed by atoms with van der Waals surface area (Å²) in [4.78, 5) is 29.9. The molecule has 3 aromatic heterocycles. The third kappa shape index (κ3) is 2.93. The first-order valence-electron chi connectivity index (χ1n) is 9.67. The van der Waals surface area contributed by atoms with Crippen LogP contribution in [-0.2, 0) is 0 Å². The Bertz CT molecular complexity index is 1100. The van der Waals surface area contributed by atoms with Crippen LogP contribution in [0.2, 0.25) is 0 Å². The first kappa shape index (κ1) is 17.4. The average molecular weight is 388 g/mol. The van der Waals surface area contributed by atoms with Crippen molar-refractivity contribution >= 4 is 28.3 Å². The number of anilines is 2. The Hall–Kier alpha value is -3.67. The molecule has 0 saturated carbocycles. The van der Waals surface area contributed by atoms with Crippen LogP contribution >= 0.6 is 0 Å². The monoisotopic (exact) mass is 388 g/mol. The Labute approximate surface area is 167 Å². The van der Waals surface area contributed by atoms with Gasteiger partial charge in [0.25, 0.3) is 5.91 Å². The van der Waals surface area contributed by atoms with Crippen molar-refractivity contribution in [3.05, 3.63) is 42.2 Å². The van der Waals surface area contributed by atoms with Crippen LogP contribution < -0.4 is 16.0 Å². The number of piperidine rings is 1. The molecule has 3 atom stereocenters. The van der Waals surface area contributed by atoms with Gasteiger partial charge < -0.3 is 20.9 Å². The first-order chi connectivity index (χ1) is 14.1. The summed E-state index contributed by atoms with van der Waals surface area (Å²) >= 11 is 0. The molecule has 2 saturated heterocycles. The van der Waals surface area contributed by atoms with E-state index in [0.29, 0.717) is 17.6 Å². The molecule has 2 fully saturated rings. The Morgan fingerprint density at radius 3 is 2.59 bits per heavy atom. The number of hydrogen-bond donors (Lipinski definition) is 3. The highest BCUT2D eigenvalue weighted by Gasteiger charge is 2.41. The standard InChI is InChI=1S/C20H20N8O/c21-7-17-24-8-14(9-25-17)28-12-1-2-13(28)6-11(5-12)27-18-15-3-4-23-20(15)26-10-16(18)19(22)29/h3-4,8-13H,1-2,5-6H2,(H2,22,29)(H2,23,26,27)/t11?,12-,13+. The van der Waals surface area contributed by atoms with Crippen molar-refractivity contribution in [1.82, 2.24) is 19.9 Å². The number of nitrogens with two attached hydrogens (primary N) is 1. The smallest absolute Gasteiger partial charge is 0.252 e. The number of nitrogens with zero attached hydrogens (tertiary/aromatic N) is 5. The number of carbonyl (C=O) groups is 1. The Balaban J connectivity index is 1.40. The summed E-state index contributed by atoms with van der Waals surface area (Å²) in [5, 5.41) is 13.4. The van der Waals surface area contributed by atoms with E-state index >= 15 is 0 Å². The number of amides is 1. The molecule has 2 bridgehead atoms. The van der Waals surface area contributed by atoms with Gasteiger partial charge in [-0.3, -0.25) is 4.79 Å².